The van der Waals surface area contributed by atoms with Crippen LogP contribution in [0.5, 0.6) is 0 Å². The SMILES string of the molecule is CC(=O)Nc1ccc(NC(=O)C2CC(=O)N(C3CCCC3)C2)cc1. The molecule has 3 amide bonds. The van der Waals surface area contributed by atoms with Crippen LogP contribution in [-0.2, 0) is 14.4 Å². The Morgan fingerprint density at radius 3 is 2.21 bits per heavy atom. The first-order valence-electron chi connectivity index (χ1n) is 8.51. The molecule has 0 radical (unpaired) electrons. The van der Waals surface area contributed by atoms with Crippen LogP contribution in [0.15, 0.2) is 24.3 Å². The van der Waals surface area contributed by atoms with Gasteiger partial charge in [-0.2, -0.15) is 0 Å². The van der Waals surface area contributed by atoms with E-state index in [-0.39, 0.29) is 23.6 Å². The normalized spacial score (nSPS) is 21.1. The number of carbonyl (C=O) groups excluding carboxylic acids is 3. The minimum Gasteiger partial charge on any atom is -0.339 e. The number of hydrogen-bond donors (Lipinski definition) is 2. The van der Waals surface area contributed by atoms with E-state index in [1.807, 2.05) is 4.90 Å². The van der Waals surface area contributed by atoms with Crippen molar-refractivity contribution in [3.05, 3.63) is 24.3 Å². The zero-order valence-corrected chi connectivity index (χ0v) is 13.9. The van der Waals surface area contributed by atoms with E-state index in [1.165, 1.54) is 19.8 Å². The monoisotopic (exact) mass is 329 g/mol. The minimum atomic E-state index is -0.284. The number of carbonyl (C=O) groups is 3. The fraction of sp³-hybridized carbons (Fsp3) is 0.500. The maximum atomic E-state index is 12.4. The molecule has 1 heterocycles. The lowest BCUT2D eigenvalue weighted by Crippen LogP contribution is -2.35. The average molecular weight is 329 g/mol. The zero-order valence-electron chi connectivity index (χ0n) is 13.9. The molecule has 2 aliphatic rings. The third kappa shape index (κ3) is 3.75. The summed E-state index contributed by atoms with van der Waals surface area (Å²) < 4.78 is 0. The van der Waals surface area contributed by atoms with E-state index >= 15 is 0 Å². The molecule has 3 rings (SSSR count). The summed E-state index contributed by atoms with van der Waals surface area (Å²) in [4.78, 5) is 37.5. The molecule has 24 heavy (non-hydrogen) atoms. The van der Waals surface area contributed by atoms with E-state index in [0.29, 0.717) is 30.4 Å². The van der Waals surface area contributed by atoms with E-state index in [4.69, 9.17) is 0 Å². The summed E-state index contributed by atoms with van der Waals surface area (Å²) in [5.41, 5.74) is 1.35. The summed E-state index contributed by atoms with van der Waals surface area (Å²) in [5, 5.41) is 5.55. The van der Waals surface area contributed by atoms with Crippen molar-refractivity contribution < 1.29 is 14.4 Å². The van der Waals surface area contributed by atoms with Gasteiger partial charge in [0.2, 0.25) is 17.7 Å². The molecular formula is C18H23N3O3. The Hall–Kier alpha value is -2.37. The third-order valence-electron chi connectivity index (χ3n) is 4.77. The highest BCUT2D eigenvalue weighted by atomic mass is 16.2. The molecule has 0 spiro atoms. The van der Waals surface area contributed by atoms with Crippen LogP contribution in [0.25, 0.3) is 0 Å². The maximum absolute atomic E-state index is 12.4. The first kappa shape index (κ1) is 16.5. The Morgan fingerprint density at radius 2 is 1.62 bits per heavy atom. The van der Waals surface area contributed by atoms with Crippen LogP contribution in [0.2, 0.25) is 0 Å². The molecule has 0 bridgehead atoms. The standard InChI is InChI=1S/C18H23N3O3/c1-12(22)19-14-6-8-15(9-7-14)20-18(24)13-10-17(23)21(11-13)16-4-2-3-5-16/h6-9,13,16H,2-5,10-11H2,1H3,(H,19,22)(H,20,24). The molecule has 1 unspecified atom stereocenters. The minimum absolute atomic E-state index is 0.100. The Balaban J connectivity index is 1.57. The Kier molecular flexibility index (Phi) is 4.83. The highest BCUT2D eigenvalue weighted by Crippen LogP contribution is 2.30. The Labute approximate surface area is 141 Å². The second-order valence-corrected chi connectivity index (χ2v) is 6.63. The Morgan fingerprint density at radius 1 is 1.04 bits per heavy atom. The van der Waals surface area contributed by atoms with Gasteiger partial charge < -0.3 is 15.5 Å². The summed E-state index contributed by atoms with van der Waals surface area (Å²) in [5.74, 6) is -0.435. The van der Waals surface area contributed by atoms with E-state index in [2.05, 4.69) is 10.6 Å². The van der Waals surface area contributed by atoms with Crippen LogP contribution < -0.4 is 10.6 Å². The van der Waals surface area contributed by atoms with Crippen molar-refractivity contribution >= 4 is 29.1 Å². The summed E-state index contributed by atoms with van der Waals surface area (Å²) in [6.45, 7) is 1.97. The molecule has 6 nitrogen and oxygen atoms in total. The second kappa shape index (κ2) is 7.03. The van der Waals surface area contributed by atoms with Crippen molar-refractivity contribution in [2.75, 3.05) is 17.2 Å². The number of amides is 3. The highest BCUT2D eigenvalue weighted by Gasteiger charge is 2.38. The number of nitrogens with zero attached hydrogens (tertiary/aromatic N) is 1. The van der Waals surface area contributed by atoms with Crippen LogP contribution in [-0.4, -0.2) is 35.2 Å². The number of nitrogens with one attached hydrogen (secondary N) is 2. The lowest BCUT2D eigenvalue weighted by Gasteiger charge is -2.23. The predicted molar refractivity (Wildman–Crippen MR) is 91.5 cm³/mol. The molecule has 128 valence electrons. The van der Waals surface area contributed by atoms with Crippen molar-refractivity contribution in [3.8, 4) is 0 Å². The van der Waals surface area contributed by atoms with Crippen LogP contribution in [0, 0.1) is 5.92 Å². The molecule has 1 aromatic rings. The molecule has 1 saturated heterocycles. The first-order chi connectivity index (χ1) is 11.5. The van der Waals surface area contributed by atoms with Gasteiger partial charge in [-0.3, -0.25) is 14.4 Å². The van der Waals surface area contributed by atoms with Crippen LogP contribution in [0.3, 0.4) is 0 Å². The van der Waals surface area contributed by atoms with E-state index in [0.717, 1.165) is 12.8 Å². The maximum Gasteiger partial charge on any atom is 0.229 e. The fourth-order valence-electron chi connectivity index (χ4n) is 3.56. The van der Waals surface area contributed by atoms with Gasteiger partial charge in [0.15, 0.2) is 0 Å². The van der Waals surface area contributed by atoms with Crippen molar-refractivity contribution in [1.29, 1.82) is 0 Å². The quantitative estimate of drug-likeness (QED) is 0.890. The number of benzene rings is 1. The van der Waals surface area contributed by atoms with Crippen molar-refractivity contribution in [1.82, 2.24) is 4.90 Å². The van der Waals surface area contributed by atoms with Gasteiger partial charge in [-0.1, -0.05) is 12.8 Å². The van der Waals surface area contributed by atoms with Crippen molar-refractivity contribution in [3.63, 3.8) is 0 Å². The van der Waals surface area contributed by atoms with Crippen molar-refractivity contribution in [2.24, 2.45) is 5.92 Å². The lowest BCUT2D eigenvalue weighted by molar-refractivity contribution is -0.130. The molecule has 1 aliphatic heterocycles. The van der Waals surface area contributed by atoms with Gasteiger partial charge in [0.05, 0.1) is 5.92 Å². The number of anilines is 2. The van der Waals surface area contributed by atoms with Crippen molar-refractivity contribution in [2.45, 2.75) is 45.1 Å². The summed E-state index contributed by atoms with van der Waals surface area (Å²) in [7, 11) is 0. The van der Waals surface area contributed by atoms with Gasteiger partial charge in [0.1, 0.15) is 0 Å². The predicted octanol–water partition coefficient (Wildman–Crippen LogP) is 2.37. The zero-order chi connectivity index (χ0) is 17.1. The molecule has 1 aromatic carbocycles. The summed E-state index contributed by atoms with van der Waals surface area (Å²) >= 11 is 0. The third-order valence-corrected chi connectivity index (χ3v) is 4.77. The first-order valence-corrected chi connectivity index (χ1v) is 8.51. The summed E-state index contributed by atoms with van der Waals surface area (Å²) in [6, 6.07) is 7.29. The van der Waals surface area contributed by atoms with E-state index in [9.17, 15) is 14.4 Å². The van der Waals surface area contributed by atoms with Crippen LogP contribution >= 0.6 is 0 Å². The van der Waals surface area contributed by atoms with Gasteiger partial charge in [0.25, 0.3) is 0 Å². The summed E-state index contributed by atoms with van der Waals surface area (Å²) in [6.07, 6.45) is 4.76. The average Bonchev–Trinajstić information content (AvgIpc) is 3.17. The number of likely N-dealkylation sites (tertiary alicyclic amines) is 1. The molecule has 1 atom stereocenters. The van der Waals surface area contributed by atoms with Gasteiger partial charge in [0, 0.05) is 37.3 Å². The smallest absolute Gasteiger partial charge is 0.229 e. The molecule has 0 aromatic heterocycles. The van der Waals surface area contributed by atoms with Gasteiger partial charge in [-0.25, -0.2) is 0 Å². The molecule has 2 N–H and O–H groups in total. The Bertz CT molecular complexity index is 635. The molecular weight excluding hydrogens is 306 g/mol. The number of rotatable bonds is 4. The molecule has 2 fully saturated rings. The largest absolute Gasteiger partial charge is 0.339 e. The molecule has 6 heteroatoms. The van der Waals surface area contributed by atoms with E-state index in [1.54, 1.807) is 24.3 Å². The van der Waals surface area contributed by atoms with Gasteiger partial charge in [-0.15, -0.1) is 0 Å². The highest BCUT2D eigenvalue weighted by molar-refractivity contribution is 5.97. The second-order valence-electron chi connectivity index (χ2n) is 6.63. The van der Waals surface area contributed by atoms with Crippen LogP contribution in [0.1, 0.15) is 39.0 Å². The van der Waals surface area contributed by atoms with Gasteiger partial charge >= 0.3 is 0 Å². The topological polar surface area (TPSA) is 78.5 Å². The van der Waals surface area contributed by atoms with Gasteiger partial charge in [-0.05, 0) is 37.1 Å². The fourth-order valence-corrected chi connectivity index (χ4v) is 3.56. The lowest BCUT2D eigenvalue weighted by atomic mass is 10.1. The van der Waals surface area contributed by atoms with E-state index < -0.39 is 0 Å². The van der Waals surface area contributed by atoms with Crippen LogP contribution in [0.4, 0.5) is 11.4 Å². The molecule has 1 saturated carbocycles. The number of hydrogen-bond acceptors (Lipinski definition) is 3. The molecule has 1 aliphatic carbocycles.